The Balaban J connectivity index is 2.23. The van der Waals surface area contributed by atoms with Crippen LogP contribution in [-0.4, -0.2) is 35.3 Å². The van der Waals surface area contributed by atoms with Crippen molar-refractivity contribution in [1.82, 2.24) is 9.80 Å². The lowest BCUT2D eigenvalue weighted by molar-refractivity contribution is -0.133. The molecule has 0 N–H and O–H groups in total. The predicted octanol–water partition coefficient (Wildman–Crippen LogP) is 2.47. The highest BCUT2D eigenvalue weighted by molar-refractivity contribution is 6.30. The predicted molar refractivity (Wildman–Crippen MR) is 71.8 cm³/mol. The van der Waals surface area contributed by atoms with Gasteiger partial charge < -0.3 is 4.90 Å². The van der Waals surface area contributed by atoms with Crippen LogP contribution in [0.1, 0.15) is 18.9 Å². The zero-order chi connectivity index (χ0) is 13.8. The molecular weight excluding hydrogens is 264 g/mol. The molecule has 4 nitrogen and oxygen atoms in total. The summed E-state index contributed by atoms with van der Waals surface area (Å²) in [6.45, 7) is 2.63. The minimum absolute atomic E-state index is 0.0902. The Morgan fingerprint density at radius 3 is 2.79 bits per heavy atom. The van der Waals surface area contributed by atoms with Crippen LogP contribution in [0.3, 0.4) is 0 Å². The second kappa shape index (κ2) is 3.97. The van der Waals surface area contributed by atoms with Gasteiger partial charge in [0, 0.05) is 18.6 Å². The normalized spacial score (nSPS) is 30.2. The molecule has 5 heteroatoms. The van der Waals surface area contributed by atoms with E-state index < -0.39 is 5.54 Å². The number of benzene rings is 1. The van der Waals surface area contributed by atoms with E-state index in [-0.39, 0.29) is 17.9 Å². The van der Waals surface area contributed by atoms with E-state index in [1.807, 2.05) is 19.1 Å². The maximum Gasteiger partial charge on any atom is 0.327 e. The van der Waals surface area contributed by atoms with E-state index in [1.165, 1.54) is 4.90 Å². The van der Waals surface area contributed by atoms with Gasteiger partial charge in [-0.3, -0.25) is 9.69 Å². The Kier molecular flexibility index (Phi) is 2.61. The average molecular weight is 279 g/mol. The fraction of sp³-hybridized carbons (Fsp3) is 0.429. The van der Waals surface area contributed by atoms with Crippen molar-refractivity contribution < 1.29 is 9.59 Å². The van der Waals surface area contributed by atoms with E-state index in [2.05, 4.69) is 0 Å². The zero-order valence-corrected chi connectivity index (χ0v) is 11.6. The van der Waals surface area contributed by atoms with Gasteiger partial charge in [0.1, 0.15) is 0 Å². The molecule has 0 aliphatic carbocycles. The van der Waals surface area contributed by atoms with E-state index in [9.17, 15) is 9.59 Å². The first-order chi connectivity index (χ1) is 8.99. The fourth-order valence-electron chi connectivity index (χ4n) is 3.36. The highest BCUT2D eigenvalue weighted by Crippen LogP contribution is 2.48. The van der Waals surface area contributed by atoms with Gasteiger partial charge in [0.25, 0.3) is 5.91 Å². The van der Waals surface area contributed by atoms with Gasteiger partial charge in [0.05, 0.1) is 0 Å². The fourth-order valence-corrected chi connectivity index (χ4v) is 3.55. The number of hydrogen-bond donors (Lipinski definition) is 0. The van der Waals surface area contributed by atoms with Crippen LogP contribution in [0.15, 0.2) is 24.3 Å². The second-order valence-electron chi connectivity index (χ2n) is 5.26. The first-order valence-electron chi connectivity index (χ1n) is 6.35. The summed E-state index contributed by atoms with van der Waals surface area (Å²) in [5, 5.41) is 0.584. The zero-order valence-electron chi connectivity index (χ0n) is 10.9. The Hall–Kier alpha value is -1.55. The Morgan fingerprint density at radius 2 is 2.11 bits per heavy atom. The number of rotatable bonds is 1. The molecule has 0 bridgehead atoms. The molecule has 0 spiro atoms. The topological polar surface area (TPSA) is 40.6 Å². The molecular formula is C14H15ClN2O2. The molecule has 0 aromatic heterocycles. The van der Waals surface area contributed by atoms with Crippen LogP contribution in [0.2, 0.25) is 5.02 Å². The van der Waals surface area contributed by atoms with Crippen molar-refractivity contribution in [1.29, 1.82) is 0 Å². The van der Waals surface area contributed by atoms with Gasteiger partial charge in [-0.15, -0.1) is 0 Å². The second-order valence-corrected chi connectivity index (χ2v) is 5.70. The van der Waals surface area contributed by atoms with Crippen molar-refractivity contribution in [3.8, 4) is 0 Å². The standard InChI is InChI=1S/C14H15ClN2O2/c1-9-6-7-17-13(19)16(2)12(18)14(9,17)10-4-3-5-11(15)8-10/h3-5,8-9H,6-7H2,1-2H3/t9-,14-/m0/s1. The summed E-state index contributed by atoms with van der Waals surface area (Å²) in [6.07, 6.45) is 0.831. The molecule has 2 heterocycles. The van der Waals surface area contributed by atoms with Crippen LogP contribution in [0.25, 0.3) is 0 Å². The number of hydrogen-bond acceptors (Lipinski definition) is 2. The molecule has 0 unspecified atom stereocenters. The van der Waals surface area contributed by atoms with Crippen LogP contribution in [0.4, 0.5) is 4.79 Å². The lowest BCUT2D eigenvalue weighted by Crippen LogP contribution is -2.46. The highest BCUT2D eigenvalue weighted by atomic mass is 35.5. The Morgan fingerprint density at radius 1 is 1.37 bits per heavy atom. The molecule has 0 saturated carbocycles. The summed E-state index contributed by atoms with van der Waals surface area (Å²) in [4.78, 5) is 27.8. The summed E-state index contributed by atoms with van der Waals surface area (Å²) >= 11 is 6.05. The number of carbonyl (C=O) groups is 2. The number of likely N-dealkylation sites (N-methyl/N-ethyl adjacent to an activating group) is 1. The van der Waals surface area contributed by atoms with Crippen LogP contribution in [0.5, 0.6) is 0 Å². The lowest BCUT2D eigenvalue weighted by atomic mass is 9.79. The molecule has 3 rings (SSSR count). The van der Waals surface area contributed by atoms with Crippen molar-refractivity contribution in [2.45, 2.75) is 18.9 Å². The van der Waals surface area contributed by atoms with Gasteiger partial charge in [0.15, 0.2) is 5.54 Å². The molecule has 2 aliphatic heterocycles. The molecule has 1 aromatic rings. The van der Waals surface area contributed by atoms with Gasteiger partial charge >= 0.3 is 6.03 Å². The monoisotopic (exact) mass is 278 g/mol. The summed E-state index contributed by atoms with van der Waals surface area (Å²) < 4.78 is 0. The van der Waals surface area contributed by atoms with E-state index >= 15 is 0 Å². The summed E-state index contributed by atoms with van der Waals surface area (Å²) in [6, 6.07) is 7.06. The third-order valence-electron chi connectivity index (χ3n) is 4.34. The number of halogens is 1. The summed E-state index contributed by atoms with van der Waals surface area (Å²) in [7, 11) is 1.54. The maximum atomic E-state index is 12.7. The highest BCUT2D eigenvalue weighted by Gasteiger charge is 2.62. The molecule has 2 fully saturated rings. The molecule has 2 saturated heterocycles. The van der Waals surface area contributed by atoms with Gasteiger partial charge in [-0.05, 0) is 30.0 Å². The first kappa shape index (κ1) is 12.5. The van der Waals surface area contributed by atoms with Crippen molar-refractivity contribution >= 4 is 23.5 Å². The number of nitrogens with zero attached hydrogens (tertiary/aromatic N) is 2. The molecule has 3 amide bonds. The van der Waals surface area contributed by atoms with Crippen LogP contribution in [-0.2, 0) is 10.3 Å². The Bertz CT molecular complexity index is 574. The van der Waals surface area contributed by atoms with E-state index in [1.54, 1.807) is 24.1 Å². The van der Waals surface area contributed by atoms with E-state index in [0.29, 0.717) is 11.6 Å². The first-order valence-corrected chi connectivity index (χ1v) is 6.73. The van der Waals surface area contributed by atoms with Crippen molar-refractivity contribution in [3.05, 3.63) is 34.9 Å². The lowest BCUT2D eigenvalue weighted by Gasteiger charge is -2.32. The van der Waals surface area contributed by atoms with Crippen LogP contribution < -0.4 is 0 Å². The molecule has 1 aromatic carbocycles. The summed E-state index contributed by atoms with van der Waals surface area (Å²) in [5.74, 6) is -0.0582. The number of amides is 3. The van der Waals surface area contributed by atoms with Crippen molar-refractivity contribution in [3.63, 3.8) is 0 Å². The van der Waals surface area contributed by atoms with Crippen molar-refractivity contribution in [2.75, 3.05) is 13.6 Å². The average Bonchev–Trinajstić information content (AvgIpc) is 2.82. The van der Waals surface area contributed by atoms with Crippen molar-refractivity contribution in [2.24, 2.45) is 5.92 Å². The van der Waals surface area contributed by atoms with Gasteiger partial charge in [-0.25, -0.2) is 4.79 Å². The quantitative estimate of drug-likeness (QED) is 0.741. The van der Waals surface area contributed by atoms with Gasteiger partial charge in [0.2, 0.25) is 0 Å². The third kappa shape index (κ3) is 1.40. The smallest absolute Gasteiger partial charge is 0.305 e. The van der Waals surface area contributed by atoms with Gasteiger partial charge in [-0.1, -0.05) is 30.7 Å². The minimum Gasteiger partial charge on any atom is -0.305 e. The molecule has 19 heavy (non-hydrogen) atoms. The third-order valence-corrected chi connectivity index (χ3v) is 4.57. The number of fused-ring (bicyclic) bond motifs is 1. The largest absolute Gasteiger partial charge is 0.327 e. The summed E-state index contributed by atoms with van der Waals surface area (Å²) in [5.41, 5.74) is -0.0517. The SMILES string of the molecule is C[C@H]1CCN2C(=O)N(C)C(=O)[C@@]12c1cccc(Cl)c1. The Labute approximate surface area is 116 Å². The molecule has 0 radical (unpaired) electrons. The minimum atomic E-state index is -0.864. The number of carbonyl (C=O) groups excluding carboxylic acids is 2. The molecule has 100 valence electrons. The van der Waals surface area contributed by atoms with E-state index in [0.717, 1.165) is 12.0 Å². The van der Waals surface area contributed by atoms with Crippen LogP contribution >= 0.6 is 11.6 Å². The van der Waals surface area contributed by atoms with Gasteiger partial charge in [-0.2, -0.15) is 0 Å². The van der Waals surface area contributed by atoms with E-state index in [4.69, 9.17) is 11.6 Å². The molecule has 2 atom stereocenters. The molecule has 2 aliphatic rings. The maximum absolute atomic E-state index is 12.7. The number of urea groups is 1. The van der Waals surface area contributed by atoms with Crippen LogP contribution in [0, 0.1) is 5.92 Å². The number of imide groups is 1.